The zero-order valence-electron chi connectivity index (χ0n) is 10.4. The van der Waals surface area contributed by atoms with Crippen LogP contribution in [-0.2, 0) is 0 Å². The van der Waals surface area contributed by atoms with Gasteiger partial charge < -0.3 is 22.9 Å². The second-order valence-electron chi connectivity index (χ2n) is 4.68. The largest absolute Gasteiger partial charge is 0.399 e. The number of rotatable bonds is 0. The Morgan fingerprint density at radius 1 is 0.650 bits per heavy atom. The molecule has 0 radical (unpaired) electrons. The summed E-state index contributed by atoms with van der Waals surface area (Å²) >= 11 is 0. The van der Waals surface area contributed by atoms with Gasteiger partial charge in [-0.25, -0.2) is 0 Å². The molecule has 0 saturated heterocycles. The zero-order chi connectivity index (χ0) is 14.6. The maximum absolute atomic E-state index is 12.6. The molecule has 100 valence electrons. The lowest BCUT2D eigenvalue weighted by Gasteiger charge is -2.21. The van der Waals surface area contributed by atoms with Crippen molar-refractivity contribution in [3.8, 4) is 0 Å². The summed E-state index contributed by atoms with van der Waals surface area (Å²) in [6.07, 6.45) is 0. The van der Waals surface area contributed by atoms with Crippen LogP contribution in [0.4, 0.5) is 22.7 Å². The first-order chi connectivity index (χ1) is 9.41. The molecule has 0 bridgehead atoms. The summed E-state index contributed by atoms with van der Waals surface area (Å²) in [6.45, 7) is 0. The van der Waals surface area contributed by atoms with E-state index in [0.29, 0.717) is 5.69 Å². The lowest BCUT2D eigenvalue weighted by molar-refractivity contribution is 0.0981. The number of carbonyl (C=O) groups excluding carboxylic acids is 2. The predicted octanol–water partition coefficient (Wildman–Crippen LogP) is 0.791. The SMILES string of the molecule is Nc1cc(N)c2c(c1)C(=O)c1c(N)ccc(N)c1C2=O. The Morgan fingerprint density at radius 2 is 1.20 bits per heavy atom. The van der Waals surface area contributed by atoms with Crippen LogP contribution < -0.4 is 22.9 Å². The van der Waals surface area contributed by atoms with Gasteiger partial charge in [0.15, 0.2) is 11.6 Å². The molecule has 0 aliphatic heterocycles. The van der Waals surface area contributed by atoms with Crippen LogP contribution in [0.5, 0.6) is 0 Å². The zero-order valence-corrected chi connectivity index (χ0v) is 10.4. The molecule has 0 heterocycles. The maximum atomic E-state index is 12.6. The molecule has 2 aromatic carbocycles. The molecule has 0 unspecified atom stereocenters. The Hall–Kier alpha value is -3.02. The third-order valence-electron chi connectivity index (χ3n) is 3.39. The average molecular weight is 268 g/mol. The smallest absolute Gasteiger partial charge is 0.198 e. The van der Waals surface area contributed by atoms with Crippen molar-refractivity contribution in [3.63, 3.8) is 0 Å². The van der Waals surface area contributed by atoms with Gasteiger partial charge in [0.05, 0.1) is 16.7 Å². The van der Waals surface area contributed by atoms with E-state index in [4.69, 9.17) is 22.9 Å². The summed E-state index contributed by atoms with van der Waals surface area (Å²) in [5.74, 6) is -0.796. The van der Waals surface area contributed by atoms with Crippen LogP contribution in [0.25, 0.3) is 0 Å². The number of benzene rings is 2. The number of hydrogen-bond acceptors (Lipinski definition) is 6. The molecule has 20 heavy (non-hydrogen) atoms. The molecule has 2 aromatic rings. The number of carbonyl (C=O) groups is 2. The second-order valence-corrected chi connectivity index (χ2v) is 4.68. The first-order valence-electron chi connectivity index (χ1n) is 5.88. The van der Waals surface area contributed by atoms with Gasteiger partial charge in [0.25, 0.3) is 0 Å². The molecule has 1 aliphatic rings. The topological polar surface area (TPSA) is 138 Å². The van der Waals surface area contributed by atoms with Crippen molar-refractivity contribution in [2.75, 3.05) is 22.9 Å². The van der Waals surface area contributed by atoms with E-state index < -0.39 is 11.6 Å². The highest BCUT2D eigenvalue weighted by Crippen LogP contribution is 2.37. The minimum atomic E-state index is -0.406. The van der Waals surface area contributed by atoms with Crippen molar-refractivity contribution in [2.24, 2.45) is 0 Å². The number of ketones is 2. The van der Waals surface area contributed by atoms with Gasteiger partial charge in [-0.2, -0.15) is 0 Å². The van der Waals surface area contributed by atoms with Crippen LogP contribution in [0.1, 0.15) is 31.8 Å². The number of nitrogens with two attached hydrogens (primary N) is 4. The molecule has 1 aliphatic carbocycles. The standard InChI is InChI=1S/C14H12N4O2/c15-5-3-6-10(9(18)4-5)14(20)12-8(17)2-1-7(16)11(12)13(6)19/h1-4H,15-18H2. The molecule has 6 heteroatoms. The summed E-state index contributed by atoms with van der Waals surface area (Å²) in [6, 6.07) is 5.87. The minimum absolute atomic E-state index is 0.110. The van der Waals surface area contributed by atoms with E-state index in [0.717, 1.165) is 0 Å². The molecule has 3 rings (SSSR count). The van der Waals surface area contributed by atoms with Gasteiger partial charge in [-0.3, -0.25) is 9.59 Å². The van der Waals surface area contributed by atoms with Crippen molar-refractivity contribution >= 4 is 34.3 Å². The van der Waals surface area contributed by atoms with Crippen molar-refractivity contribution < 1.29 is 9.59 Å². The summed E-state index contributed by atoms with van der Waals surface area (Å²) in [5, 5.41) is 0. The van der Waals surface area contributed by atoms with E-state index in [1.165, 1.54) is 24.3 Å². The fraction of sp³-hybridized carbons (Fsp3) is 0. The summed E-state index contributed by atoms with van der Waals surface area (Å²) < 4.78 is 0. The number of fused-ring (bicyclic) bond motifs is 2. The average Bonchev–Trinajstić information content (AvgIpc) is 2.37. The van der Waals surface area contributed by atoms with Gasteiger partial charge in [0, 0.05) is 28.3 Å². The Kier molecular flexibility index (Phi) is 2.25. The van der Waals surface area contributed by atoms with E-state index in [9.17, 15) is 9.59 Å². The Balaban J connectivity index is 2.43. The van der Waals surface area contributed by atoms with Crippen molar-refractivity contribution in [1.29, 1.82) is 0 Å². The highest BCUT2D eigenvalue weighted by Gasteiger charge is 2.34. The van der Waals surface area contributed by atoms with Crippen molar-refractivity contribution in [2.45, 2.75) is 0 Å². The van der Waals surface area contributed by atoms with Crippen LogP contribution in [-0.4, -0.2) is 11.6 Å². The van der Waals surface area contributed by atoms with Gasteiger partial charge in [0.2, 0.25) is 0 Å². The molecule has 8 N–H and O–H groups in total. The highest BCUT2D eigenvalue weighted by atomic mass is 16.1. The monoisotopic (exact) mass is 268 g/mol. The van der Waals surface area contributed by atoms with Gasteiger partial charge >= 0.3 is 0 Å². The summed E-state index contributed by atoms with van der Waals surface area (Å²) in [5.41, 5.74) is 24.5. The third-order valence-corrected chi connectivity index (χ3v) is 3.39. The van der Waals surface area contributed by atoms with Gasteiger partial charge in [-0.1, -0.05) is 0 Å². The van der Waals surface area contributed by atoms with Crippen LogP contribution >= 0.6 is 0 Å². The summed E-state index contributed by atoms with van der Waals surface area (Å²) in [4.78, 5) is 25.1. The minimum Gasteiger partial charge on any atom is -0.399 e. The van der Waals surface area contributed by atoms with Crippen LogP contribution in [0.15, 0.2) is 24.3 Å². The molecule has 6 nitrogen and oxygen atoms in total. The Bertz CT molecular complexity index is 796. The van der Waals surface area contributed by atoms with E-state index in [2.05, 4.69) is 0 Å². The molecule has 0 saturated carbocycles. The molecule has 0 spiro atoms. The predicted molar refractivity (Wildman–Crippen MR) is 77.4 cm³/mol. The van der Waals surface area contributed by atoms with Gasteiger partial charge in [-0.15, -0.1) is 0 Å². The fourth-order valence-electron chi connectivity index (χ4n) is 2.50. The van der Waals surface area contributed by atoms with E-state index in [-0.39, 0.29) is 39.3 Å². The number of hydrogen-bond donors (Lipinski definition) is 4. The molecule has 0 atom stereocenters. The van der Waals surface area contributed by atoms with E-state index in [1.54, 1.807) is 0 Å². The fourth-order valence-corrected chi connectivity index (χ4v) is 2.50. The lowest BCUT2D eigenvalue weighted by Crippen LogP contribution is -2.25. The first-order valence-corrected chi connectivity index (χ1v) is 5.88. The highest BCUT2D eigenvalue weighted by molar-refractivity contribution is 6.33. The number of anilines is 4. The third kappa shape index (κ3) is 1.38. The van der Waals surface area contributed by atoms with Crippen LogP contribution in [0, 0.1) is 0 Å². The molecule has 0 amide bonds. The Labute approximate surface area is 114 Å². The van der Waals surface area contributed by atoms with Gasteiger partial charge in [0.1, 0.15) is 0 Å². The lowest BCUT2D eigenvalue weighted by atomic mass is 9.81. The van der Waals surface area contributed by atoms with Gasteiger partial charge in [-0.05, 0) is 24.3 Å². The maximum Gasteiger partial charge on any atom is 0.198 e. The Morgan fingerprint density at radius 3 is 1.80 bits per heavy atom. The molecular weight excluding hydrogens is 256 g/mol. The van der Waals surface area contributed by atoms with E-state index in [1.807, 2.05) is 0 Å². The number of nitrogen functional groups attached to an aromatic ring is 4. The van der Waals surface area contributed by atoms with Crippen LogP contribution in [0.2, 0.25) is 0 Å². The summed E-state index contributed by atoms with van der Waals surface area (Å²) in [7, 11) is 0. The first kappa shape index (κ1) is 12.0. The normalized spacial score (nSPS) is 13.0. The van der Waals surface area contributed by atoms with Crippen molar-refractivity contribution in [1.82, 2.24) is 0 Å². The van der Waals surface area contributed by atoms with E-state index >= 15 is 0 Å². The molecular formula is C14H12N4O2. The molecule has 0 fully saturated rings. The van der Waals surface area contributed by atoms with Crippen LogP contribution in [0.3, 0.4) is 0 Å². The second kappa shape index (κ2) is 3.74. The van der Waals surface area contributed by atoms with Crippen molar-refractivity contribution in [3.05, 3.63) is 46.5 Å². The quantitative estimate of drug-likeness (QED) is 0.444. The molecule has 0 aromatic heterocycles.